The molecule has 3 heterocycles. The Morgan fingerprint density at radius 1 is 0.588 bits per heavy atom. The Hall–Kier alpha value is -5.23. The standard InChI is InChI=1S/C40H42N8O2S/c49-37(41-31(29-19-9-3-10-20-29)25-27-15-5-1-6-16-27)35-39-47(45-43-35)33-23-13-14-24-34(33)48-40(51-39)36(44-46-48)38(50)42-32(30-21-11-4-12-22-30)26-28-17-7-2-8-18-28/h1-12,15-22,31-34,43-46H,13-14,23-26H2,(H,41,49)(H,42,50)/t31-,32-,33?,34?/m1/s1. The molecule has 0 radical (unpaired) electrons. The largest absolute Gasteiger partial charge is 0.344 e. The van der Waals surface area contributed by atoms with Gasteiger partial charge in [-0.25, -0.2) is 0 Å². The van der Waals surface area contributed by atoms with Crippen molar-refractivity contribution in [3.8, 4) is 0 Å². The second-order valence-corrected chi connectivity index (χ2v) is 14.3. The van der Waals surface area contributed by atoms with Gasteiger partial charge >= 0.3 is 0 Å². The molecule has 11 heteroatoms. The zero-order chi connectivity index (χ0) is 34.6. The molecule has 4 atom stereocenters. The highest BCUT2D eigenvalue weighted by Crippen LogP contribution is 2.45. The van der Waals surface area contributed by atoms with Crippen LogP contribution in [0.1, 0.15) is 60.0 Å². The van der Waals surface area contributed by atoms with Gasteiger partial charge in [0.25, 0.3) is 11.8 Å². The van der Waals surface area contributed by atoms with Crippen molar-refractivity contribution >= 4 is 23.6 Å². The van der Waals surface area contributed by atoms with E-state index in [1.54, 1.807) is 0 Å². The summed E-state index contributed by atoms with van der Waals surface area (Å²) in [7, 11) is 0. The molecule has 0 aromatic heterocycles. The normalized spacial score (nSPS) is 20.6. The van der Waals surface area contributed by atoms with Crippen molar-refractivity contribution in [2.75, 3.05) is 0 Å². The molecule has 0 bridgehead atoms. The lowest BCUT2D eigenvalue weighted by atomic mass is 9.89. The zero-order valence-corrected chi connectivity index (χ0v) is 29.0. The highest BCUT2D eigenvalue weighted by Gasteiger charge is 2.47. The minimum Gasteiger partial charge on any atom is -0.344 e. The third-order valence-corrected chi connectivity index (χ3v) is 11.2. The van der Waals surface area contributed by atoms with Crippen LogP contribution in [0.5, 0.6) is 0 Å². The van der Waals surface area contributed by atoms with Gasteiger partial charge in [0.1, 0.15) is 21.5 Å². The fourth-order valence-corrected chi connectivity index (χ4v) is 8.71. The second-order valence-electron chi connectivity index (χ2n) is 13.3. The minimum absolute atomic E-state index is 0.0673. The topological polar surface area (TPSA) is 113 Å². The molecular weight excluding hydrogens is 657 g/mol. The van der Waals surface area contributed by atoms with E-state index in [-0.39, 0.29) is 36.0 Å². The predicted molar refractivity (Wildman–Crippen MR) is 199 cm³/mol. The van der Waals surface area contributed by atoms with Crippen LogP contribution < -0.4 is 32.6 Å². The maximum atomic E-state index is 14.3. The smallest absolute Gasteiger partial charge is 0.272 e. The van der Waals surface area contributed by atoms with Crippen LogP contribution >= 0.6 is 11.8 Å². The lowest BCUT2D eigenvalue weighted by Gasteiger charge is -2.40. The van der Waals surface area contributed by atoms with E-state index in [0.717, 1.165) is 58.0 Å². The van der Waals surface area contributed by atoms with Gasteiger partial charge in [0, 0.05) is 0 Å². The van der Waals surface area contributed by atoms with Crippen LogP contribution in [0.2, 0.25) is 0 Å². The van der Waals surface area contributed by atoms with Crippen molar-refractivity contribution in [3.63, 3.8) is 0 Å². The SMILES string of the molecule is O=C(N[C@H](Cc1ccccc1)c1ccccc1)C1=C2SC3=C(C(=O)N[C@H](Cc4ccccc4)c4ccccc4)NNN3C3CCCCC3N2NN1. The third kappa shape index (κ3) is 7.05. The van der Waals surface area contributed by atoms with Crippen molar-refractivity contribution in [1.29, 1.82) is 0 Å². The summed E-state index contributed by atoms with van der Waals surface area (Å²) in [6, 6.07) is 40.2. The van der Waals surface area contributed by atoms with Crippen LogP contribution in [0.25, 0.3) is 0 Å². The summed E-state index contributed by atoms with van der Waals surface area (Å²) in [6.45, 7) is 0. The number of thioether (sulfide) groups is 1. The first-order valence-electron chi connectivity index (χ1n) is 17.7. The summed E-state index contributed by atoms with van der Waals surface area (Å²) < 4.78 is 0. The molecule has 51 heavy (non-hydrogen) atoms. The number of nitrogens with zero attached hydrogens (tertiary/aromatic N) is 2. The number of carbonyl (C=O) groups is 2. The summed E-state index contributed by atoms with van der Waals surface area (Å²) >= 11 is 1.43. The van der Waals surface area contributed by atoms with E-state index in [1.807, 2.05) is 72.8 Å². The molecule has 4 aromatic carbocycles. The Morgan fingerprint density at radius 3 is 1.35 bits per heavy atom. The van der Waals surface area contributed by atoms with Crippen molar-refractivity contribution in [2.45, 2.75) is 62.7 Å². The molecule has 1 aliphatic carbocycles. The number of benzene rings is 4. The molecular formula is C40H42N8O2S. The molecule has 1 saturated heterocycles. The monoisotopic (exact) mass is 698 g/mol. The first-order valence-corrected chi connectivity index (χ1v) is 18.5. The van der Waals surface area contributed by atoms with E-state index >= 15 is 0 Å². The van der Waals surface area contributed by atoms with E-state index in [9.17, 15) is 9.59 Å². The number of amides is 2. The van der Waals surface area contributed by atoms with Crippen LogP contribution in [0.15, 0.2) is 143 Å². The molecule has 1 saturated carbocycles. The molecule has 2 unspecified atom stereocenters. The summed E-state index contributed by atoms with van der Waals surface area (Å²) in [5, 5.41) is 12.3. The molecule has 6 N–H and O–H groups in total. The number of rotatable bonds is 10. The van der Waals surface area contributed by atoms with Crippen molar-refractivity contribution in [2.24, 2.45) is 0 Å². The quantitative estimate of drug-likeness (QED) is 0.133. The predicted octanol–water partition coefficient (Wildman–Crippen LogP) is 5.23. The number of nitrogens with one attached hydrogen (secondary N) is 6. The Labute approximate surface area is 302 Å². The van der Waals surface area contributed by atoms with Gasteiger partial charge in [-0.2, -0.15) is 0 Å². The fourth-order valence-electron chi connectivity index (χ4n) is 7.48. The van der Waals surface area contributed by atoms with Gasteiger partial charge in [-0.1, -0.05) is 134 Å². The lowest BCUT2D eigenvalue weighted by molar-refractivity contribution is -0.119. The second kappa shape index (κ2) is 14.9. The van der Waals surface area contributed by atoms with Crippen LogP contribution in [0.3, 0.4) is 0 Å². The van der Waals surface area contributed by atoms with Crippen LogP contribution in [-0.4, -0.2) is 33.9 Å². The van der Waals surface area contributed by atoms with Crippen LogP contribution in [0.4, 0.5) is 0 Å². The van der Waals surface area contributed by atoms with Crippen molar-refractivity contribution in [1.82, 2.24) is 42.6 Å². The van der Waals surface area contributed by atoms with Gasteiger partial charge < -0.3 is 10.6 Å². The van der Waals surface area contributed by atoms with Gasteiger partial charge in [-0.05, 0) is 59.7 Å². The number of fused-ring (bicyclic) bond motifs is 5. The van der Waals surface area contributed by atoms with E-state index in [2.05, 4.69) is 91.1 Å². The highest BCUT2D eigenvalue weighted by molar-refractivity contribution is 8.06. The summed E-state index contributed by atoms with van der Waals surface area (Å²) in [4.78, 5) is 28.6. The fraction of sp³-hybridized carbons (Fsp3) is 0.250. The molecule has 3 aliphatic heterocycles. The maximum Gasteiger partial charge on any atom is 0.272 e. The summed E-state index contributed by atoms with van der Waals surface area (Å²) in [6.07, 6.45) is 5.35. The average molecular weight is 699 g/mol. The zero-order valence-electron chi connectivity index (χ0n) is 28.2. The molecule has 4 aliphatic rings. The summed E-state index contributed by atoms with van der Waals surface area (Å²) in [5.41, 5.74) is 18.3. The maximum absolute atomic E-state index is 14.3. The molecule has 8 rings (SSSR count). The molecule has 260 valence electrons. The van der Waals surface area contributed by atoms with E-state index in [1.165, 1.54) is 11.8 Å². The van der Waals surface area contributed by atoms with Crippen molar-refractivity contribution in [3.05, 3.63) is 165 Å². The van der Waals surface area contributed by atoms with Gasteiger partial charge in [-0.15, -0.1) is 11.1 Å². The minimum atomic E-state index is -0.241. The Morgan fingerprint density at radius 2 is 0.961 bits per heavy atom. The lowest BCUT2D eigenvalue weighted by Crippen LogP contribution is -2.57. The number of hydrogen-bond acceptors (Lipinski definition) is 9. The average Bonchev–Trinajstić information content (AvgIpc) is 3.77. The first kappa shape index (κ1) is 32.9. The Balaban J connectivity index is 1.11. The van der Waals surface area contributed by atoms with E-state index in [4.69, 9.17) is 0 Å². The van der Waals surface area contributed by atoms with Crippen molar-refractivity contribution < 1.29 is 9.59 Å². The molecule has 0 spiro atoms. The third-order valence-electron chi connectivity index (χ3n) is 10.1. The van der Waals surface area contributed by atoms with E-state index < -0.39 is 0 Å². The first-order chi connectivity index (χ1) is 25.1. The van der Waals surface area contributed by atoms with E-state index in [0.29, 0.717) is 24.2 Å². The molecule has 10 nitrogen and oxygen atoms in total. The van der Waals surface area contributed by atoms with Crippen LogP contribution in [-0.2, 0) is 22.4 Å². The van der Waals surface area contributed by atoms with Gasteiger partial charge in [0.2, 0.25) is 0 Å². The number of carbonyl (C=O) groups excluding carboxylic acids is 2. The number of hydrogen-bond donors (Lipinski definition) is 6. The van der Waals surface area contributed by atoms with Gasteiger partial charge in [0.15, 0.2) is 0 Å². The molecule has 4 aromatic rings. The van der Waals surface area contributed by atoms with Gasteiger partial charge in [0.05, 0.1) is 24.2 Å². The Kier molecular flexibility index (Phi) is 9.65. The van der Waals surface area contributed by atoms with Crippen LogP contribution in [0, 0.1) is 0 Å². The summed E-state index contributed by atoms with van der Waals surface area (Å²) in [5.74, 6) is -0.425. The highest BCUT2D eigenvalue weighted by atomic mass is 32.2. The van der Waals surface area contributed by atoms with Gasteiger partial charge in [-0.3, -0.25) is 30.5 Å². The number of hydrazine groups is 4. The Bertz CT molecular complexity index is 1770. The molecule has 2 amide bonds. The molecule has 2 fully saturated rings.